The summed E-state index contributed by atoms with van der Waals surface area (Å²) in [5.74, 6) is -1.89. The molecule has 1 aromatic heterocycles. The normalized spacial score (nSPS) is 10.3. The second kappa shape index (κ2) is 3.52. The van der Waals surface area contributed by atoms with Gasteiger partial charge in [0.2, 0.25) is 0 Å². The Morgan fingerprint density at radius 3 is 2.60 bits per heavy atom. The van der Waals surface area contributed by atoms with Crippen molar-refractivity contribution in [3.05, 3.63) is 29.8 Å². The van der Waals surface area contributed by atoms with Crippen molar-refractivity contribution >= 4 is 17.7 Å². The van der Waals surface area contributed by atoms with Crippen LogP contribution in [0.2, 0.25) is 0 Å². The molecule has 0 saturated heterocycles. The predicted octanol–water partition coefficient (Wildman–Crippen LogP) is 1.67. The highest BCUT2D eigenvalue weighted by atomic mass is 19.2. The van der Waals surface area contributed by atoms with Crippen LogP contribution in [0, 0.1) is 11.6 Å². The SMILES string of the molecule is Nc1nnc(Nc2ccc(F)c(F)c2)o1. The number of hydrogen-bond acceptors (Lipinski definition) is 5. The first-order valence-electron chi connectivity index (χ1n) is 3.96. The monoisotopic (exact) mass is 212 g/mol. The summed E-state index contributed by atoms with van der Waals surface area (Å²) in [6.07, 6.45) is 0. The van der Waals surface area contributed by atoms with Crippen LogP contribution in [-0.4, -0.2) is 10.2 Å². The maximum absolute atomic E-state index is 12.8. The molecule has 0 unspecified atom stereocenters. The highest BCUT2D eigenvalue weighted by Crippen LogP contribution is 2.18. The molecule has 5 nitrogen and oxygen atoms in total. The number of nitrogens with zero attached hydrogens (tertiary/aromatic N) is 2. The maximum atomic E-state index is 12.8. The quantitative estimate of drug-likeness (QED) is 0.791. The summed E-state index contributed by atoms with van der Waals surface area (Å²) in [5.41, 5.74) is 5.46. The number of nitrogen functional groups attached to an aromatic ring is 1. The van der Waals surface area contributed by atoms with E-state index in [-0.39, 0.29) is 17.7 Å². The van der Waals surface area contributed by atoms with Crippen LogP contribution < -0.4 is 11.1 Å². The maximum Gasteiger partial charge on any atom is 0.321 e. The van der Waals surface area contributed by atoms with Crippen LogP contribution in [0.1, 0.15) is 0 Å². The van der Waals surface area contributed by atoms with Gasteiger partial charge in [0, 0.05) is 11.8 Å². The molecule has 0 saturated carbocycles. The van der Waals surface area contributed by atoms with Gasteiger partial charge in [0.15, 0.2) is 11.6 Å². The summed E-state index contributed by atoms with van der Waals surface area (Å²) in [6, 6.07) is 3.19. The van der Waals surface area contributed by atoms with Crippen molar-refractivity contribution in [2.24, 2.45) is 0 Å². The molecule has 1 aromatic carbocycles. The first kappa shape index (κ1) is 9.38. The van der Waals surface area contributed by atoms with Gasteiger partial charge in [0.1, 0.15) is 0 Å². The van der Waals surface area contributed by atoms with Crippen LogP contribution in [0.4, 0.5) is 26.5 Å². The standard InChI is InChI=1S/C8H6F2N4O/c9-5-2-1-4(3-6(5)10)12-8-14-13-7(11)15-8/h1-3H,(H2,11,13)(H,12,14). The van der Waals surface area contributed by atoms with Gasteiger partial charge in [0.05, 0.1) is 0 Å². The molecule has 7 heteroatoms. The topological polar surface area (TPSA) is 77.0 Å². The molecular formula is C8H6F2N4O. The minimum absolute atomic E-state index is 0.0125. The average Bonchev–Trinajstić information content (AvgIpc) is 2.58. The number of anilines is 3. The zero-order valence-electron chi connectivity index (χ0n) is 7.37. The van der Waals surface area contributed by atoms with E-state index < -0.39 is 11.6 Å². The first-order valence-corrected chi connectivity index (χ1v) is 3.96. The number of benzene rings is 1. The smallest absolute Gasteiger partial charge is 0.321 e. The molecule has 0 amide bonds. The van der Waals surface area contributed by atoms with E-state index in [1.54, 1.807) is 0 Å². The largest absolute Gasteiger partial charge is 0.389 e. The summed E-state index contributed by atoms with van der Waals surface area (Å²) >= 11 is 0. The van der Waals surface area contributed by atoms with Crippen LogP contribution in [0.15, 0.2) is 22.6 Å². The van der Waals surface area contributed by atoms with Gasteiger partial charge < -0.3 is 15.5 Å². The molecule has 3 N–H and O–H groups in total. The number of nitrogens with two attached hydrogens (primary N) is 1. The van der Waals surface area contributed by atoms with Crippen molar-refractivity contribution in [2.75, 3.05) is 11.1 Å². The van der Waals surface area contributed by atoms with E-state index in [1.165, 1.54) is 6.07 Å². The lowest BCUT2D eigenvalue weighted by molar-refractivity contribution is 0.509. The van der Waals surface area contributed by atoms with Gasteiger partial charge in [-0.3, -0.25) is 0 Å². The fraction of sp³-hybridized carbons (Fsp3) is 0. The molecule has 78 valence electrons. The summed E-state index contributed by atoms with van der Waals surface area (Å²) < 4.78 is 30.1. The third-order valence-corrected chi connectivity index (χ3v) is 1.61. The Balaban J connectivity index is 2.21. The summed E-state index contributed by atoms with van der Waals surface area (Å²) in [7, 11) is 0. The van der Waals surface area contributed by atoms with Gasteiger partial charge in [-0.05, 0) is 12.1 Å². The molecule has 0 spiro atoms. The van der Waals surface area contributed by atoms with E-state index in [4.69, 9.17) is 10.2 Å². The molecular weight excluding hydrogens is 206 g/mol. The number of hydrogen-bond donors (Lipinski definition) is 2. The Labute approximate surface area is 82.9 Å². The van der Waals surface area contributed by atoms with Gasteiger partial charge in [-0.2, -0.15) is 0 Å². The molecule has 0 bridgehead atoms. The number of rotatable bonds is 2. The Hall–Kier alpha value is -2.18. The molecule has 0 aliphatic heterocycles. The van der Waals surface area contributed by atoms with Gasteiger partial charge >= 0.3 is 12.0 Å². The molecule has 0 radical (unpaired) electrons. The fourth-order valence-corrected chi connectivity index (χ4v) is 0.982. The second-order valence-electron chi connectivity index (χ2n) is 2.70. The molecule has 0 atom stereocenters. The molecule has 15 heavy (non-hydrogen) atoms. The van der Waals surface area contributed by atoms with Crippen LogP contribution >= 0.6 is 0 Å². The predicted molar refractivity (Wildman–Crippen MR) is 48.4 cm³/mol. The van der Waals surface area contributed by atoms with Crippen molar-refractivity contribution < 1.29 is 13.2 Å². The molecule has 0 aliphatic rings. The molecule has 2 aromatic rings. The van der Waals surface area contributed by atoms with Gasteiger partial charge in [-0.15, -0.1) is 0 Å². The Bertz CT molecular complexity index is 485. The summed E-state index contributed by atoms with van der Waals surface area (Å²) in [6.45, 7) is 0. The highest BCUT2D eigenvalue weighted by molar-refractivity contribution is 5.52. The van der Waals surface area contributed by atoms with Crippen LogP contribution in [0.25, 0.3) is 0 Å². The molecule has 1 heterocycles. The van der Waals surface area contributed by atoms with Gasteiger partial charge in [0.25, 0.3) is 0 Å². The van der Waals surface area contributed by atoms with Crippen molar-refractivity contribution in [3.63, 3.8) is 0 Å². The average molecular weight is 212 g/mol. The third kappa shape index (κ3) is 2.01. The molecule has 0 fully saturated rings. The van der Waals surface area contributed by atoms with E-state index >= 15 is 0 Å². The lowest BCUT2D eigenvalue weighted by Crippen LogP contribution is -1.92. The first-order chi connectivity index (χ1) is 7.15. The van der Waals surface area contributed by atoms with Crippen molar-refractivity contribution in [1.82, 2.24) is 10.2 Å². The summed E-state index contributed by atoms with van der Waals surface area (Å²) in [5, 5.41) is 9.44. The Morgan fingerprint density at radius 2 is 2.00 bits per heavy atom. The van der Waals surface area contributed by atoms with Crippen molar-refractivity contribution in [2.45, 2.75) is 0 Å². The molecule has 2 rings (SSSR count). The van der Waals surface area contributed by atoms with Gasteiger partial charge in [-0.1, -0.05) is 10.2 Å². The van der Waals surface area contributed by atoms with E-state index in [1.807, 2.05) is 0 Å². The lowest BCUT2D eigenvalue weighted by Gasteiger charge is -2.00. The number of halogens is 2. The minimum Gasteiger partial charge on any atom is -0.389 e. The second-order valence-corrected chi connectivity index (χ2v) is 2.70. The fourth-order valence-electron chi connectivity index (χ4n) is 0.982. The van der Waals surface area contributed by atoms with Crippen molar-refractivity contribution in [1.29, 1.82) is 0 Å². The van der Waals surface area contributed by atoms with E-state index in [0.29, 0.717) is 0 Å². The highest BCUT2D eigenvalue weighted by Gasteiger charge is 2.06. The van der Waals surface area contributed by atoms with E-state index in [2.05, 4.69) is 15.5 Å². The number of nitrogens with one attached hydrogen (secondary N) is 1. The minimum atomic E-state index is -0.965. The van der Waals surface area contributed by atoms with E-state index in [0.717, 1.165) is 12.1 Å². The summed E-state index contributed by atoms with van der Waals surface area (Å²) in [4.78, 5) is 0. The van der Waals surface area contributed by atoms with Crippen LogP contribution in [-0.2, 0) is 0 Å². The lowest BCUT2D eigenvalue weighted by atomic mass is 10.3. The third-order valence-electron chi connectivity index (χ3n) is 1.61. The van der Waals surface area contributed by atoms with E-state index in [9.17, 15) is 8.78 Å². The van der Waals surface area contributed by atoms with Crippen LogP contribution in [0.3, 0.4) is 0 Å². The Kier molecular flexibility index (Phi) is 2.20. The zero-order valence-corrected chi connectivity index (χ0v) is 7.37. The Morgan fingerprint density at radius 1 is 1.20 bits per heavy atom. The number of aromatic nitrogens is 2. The van der Waals surface area contributed by atoms with Gasteiger partial charge in [-0.25, -0.2) is 8.78 Å². The molecule has 0 aliphatic carbocycles. The zero-order chi connectivity index (χ0) is 10.8. The van der Waals surface area contributed by atoms with Crippen LogP contribution in [0.5, 0.6) is 0 Å². The van der Waals surface area contributed by atoms with Crippen molar-refractivity contribution in [3.8, 4) is 0 Å².